The van der Waals surface area contributed by atoms with Crippen molar-refractivity contribution in [3.63, 3.8) is 0 Å². The van der Waals surface area contributed by atoms with Gasteiger partial charge in [0.15, 0.2) is 11.9 Å². The van der Waals surface area contributed by atoms with Crippen molar-refractivity contribution < 1.29 is 34.1 Å². The molecule has 0 saturated heterocycles. The van der Waals surface area contributed by atoms with Crippen molar-refractivity contribution in [2.75, 3.05) is 27.2 Å². The number of aliphatic carboxylic acids is 1. The lowest BCUT2D eigenvalue weighted by Gasteiger charge is -2.26. The maximum absolute atomic E-state index is 13.1. The number of methoxy groups -OCH3 is 1. The first-order chi connectivity index (χ1) is 17.4. The Labute approximate surface area is 219 Å². The van der Waals surface area contributed by atoms with Gasteiger partial charge in [0.1, 0.15) is 11.8 Å². The molecule has 3 atom stereocenters. The van der Waals surface area contributed by atoms with E-state index in [1.54, 1.807) is 46.0 Å². The second-order valence-corrected chi connectivity index (χ2v) is 9.80. The van der Waals surface area contributed by atoms with Crippen LogP contribution in [0.1, 0.15) is 70.1 Å². The molecule has 0 fully saturated rings. The van der Waals surface area contributed by atoms with Crippen LogP contribution in [0.25, 0.3) is 0 Å². The predicted octanol–water partition coefficient (Wildman–Crippen LogP) is 2.22. The number of aryl methyl sites for hydroxylation is 1. The van der Waals surface area contributed by atoms with Gasteiger partial charge >= 0.3 is 5.97 Å². The van der Waals surface area contributed by atoms with Gasteiger partial charge in [-0.15, -0.1) is 0 Å². The number of nitrogens with zero attached hydrogens (tertiary/aromatic N) is 1. The number of hydrogen-bond acceptors (Lipinski definition) is 7. The second-order valence-electron chi connectivity index (χ2n) is 9.80. The van der Waals surface area contributed by atoms with Gasteiger partial charge in [-0.25, -0.2) is 0 Å². The van der Waals surface area contributed by atoms with Crippen molar-refractivity contribution in [3.8, 4) is 5.75 Å². The third-order valence-electron chi connectivity index (χ3n) is 6.08. The summed E-state index contributed by atoms with van der Waals surface area (Å²) in [5, 5.41) is 25.0. The Bertz CT molecular complexity index is 919. The highest BCUT2D eigenvalue weighted by Gasteiger charge is 2.32. The monoisotopic (exact) mass is 521 g/mol. The van der Waals surface area contributed by atoms with E-state index in [0.29, 0.717) is 12.3 Å². The van der Waals surface area contributed by atoms with Crippen LogP contribution in [0.5, 0.6) is 5.75 Å². The predicted molar refractivity (Wildman–Crippen MR) is 140 cm³/mol. The van der Waals surface area contributed by atoms with Crippen molar-refractivity contribution >= 4 is 23.6 Å². The van der Waals surface area contributed by atoms with Crippen LogP contribution in [0.4, 0.5) is 0 Å². The highest BCUT2D eigenvalue weighted by Crippen LogP contribution is 2.26. The number of aliphatic hydroxyl groups is 1. The van der Waals surface area contributed by atoms with Gasteiger partial charge in [-0.2, -0.15) is 0 Å². The lowest BCUT2D eigenvalue weighted by Crippen LogP contribution is -2.55. The molecule has 10 heteroatoms. The Hall–Kier alpha value is -2.98. The van der Waals surface area contributed by atoms with Gasteiger partial charge in [0.2, 0.25) is 5.91 Å². The summed E-state index contributed by atoms with van der Waals surface area (Å²) < 4.78 is 5.24. The molecule has 10 nitrogen and oxygen atoms in total. The zero-order chi connectivity index (χ0) is 28.1. The summed E-state index contributed by atoms with van der Waals surface area (Å²) in [7, 11) is 3.20. The van der Waals surface area contributed by atoms with Gasteiger partial charge in [0, 0.05) is 5.56 Å². The fourth-order valence-electron chi connectivity index (χ4n) is 3.92. The van der Waals surface area contributed by atoms with Gasteiger partial charge in [0.05, 0.1) is 26.1 Å². The summed E-state index contributed by atoms with van der Waals surface area (Å²) in [6.07, 6.45) is 1.99. The molecule has 3 unspecified atom stereocenters. The van der Waals surface area contributed by atoms with Gasteiger partial charge in [0.25, 0.3) is 5.91 Å². The Morgan fingerprint density at radius 2 is 1.73 bits per heavy atom. The molecule has 0 heterocycles. The van der Waals surface area contributed by atoms with E-state index in [1.807, 2.05) is 4.90 Å². The molecule has 37 heavy (non-hydrogen) atoms. The van der Waals surface area contributed by atoms with Crippen molar-refractivity contribution in [3.05, 3.63) is 29.3 Å². The van der Waals surface area contributed by atoms with E-state index < -0.39 is 54.1 Å². The second kappa shape index (κ2) is 16.0. The minimum absolute atomic E-state index is 0.00504. The Kier molecular flexibility index (Phi) is 13.8. The Morgan fingerprint density at radius 1 is 1.05 bits per heavy atom. The number of ether oxygens (including phenoxy) is 1. The standard InChI is InChI=1S/C27H43N3O7/c1-7-8-9-10-13-30(5)16-21(31)20(15-23(32)33)28-26(35)24(17(2)3)29-27(36)25(34)19-14-18(4)11-12-22(19)37-6/h11-12,14,17,20,24-25,34H,7-10,13,15-16H2,1-6H3,(H,28,35)(H,29,36)(H,32,33). The van der Waals surface area contributed by atoms with Crippen LogP contribution < -0.4 is 15.4 Å². The highest BCUT2D eigenvalue weighted by molar-refractivity contribution is 5.96. The van der Waals surface area contributed by atoms with Crippen LogP contribution in [0.3, 0.4) is 0 Å². The molecular weight excluding hydrogens is 478 g/mol. The number of carboxylic acid groups (broad SMARTS) is 1. The minimum atomic E-state index is -1.60. The molecule has 208 valence electrons. The molecule has 4 N–H and O–H groups in total. The molecule has 1 aromatic rings. The number of carbonyl (C=O) groups excluding carboxylic acids is 3. The van der Waals surface area contributed by atoms with Crippen LogP contribution in [0, 0.1) is 12.8 Å². The first kappa shape index (κ1) is 32.0. The summed E-state index contributed by atoms with van der Waals surface area (Å²) in [5.74, 6) is -3.24. The minimum Gasteiger partial charge on any atom is -0.496 e. The zero-order valence-corrected chi connectivity index (χ0v) is 22.9. The van der Waals surface area contributed by atoms with Crippen LogP contribution in [0.15, 0.2) is 18.2 Å². The lowest BCUT2D eigenvalue weighted by atomic mass is 10.00. The first-order valence-electron chi connectivity index (χ1n) is 12.8. The molecule has 1 aromatic carbocycles. The van der Waals surface area contributed by atoms with Gasteiger partial charge in [-0.05, 0) is 45.0 Å². The number of Topliss-reactive ketones (excluding diaryl/α,β-unsaturated/α-hetero) is 1. The number of hydrogen-bond donors (Lipinski definition) is 4. The van der Waals surface area contributed by atoms with Crippen LogP contribution >= 0.6 is 0 Å². The number of carboxylic acids is 1. The molecule has 2 amide bonds. The van der Waals surface area contributed by atoms with Crippen molar-refractivity contribution in [2.45, 2.75) is 78.0 Å². The SMILES string of the molecule is CCCCCCN(C)CC(=O)C(CC(=O)O)NC(=O)C(NC(=O)C(O)c1cc(C)ccc1OC)C(C)C. The number of rotatable bonds is 17. The van der Waals surface area contributed by atoms with E-state index >= 15 is 0 Å². The number of aliphatic hydroxyl groups excluding tert-OH is 1. The normalized spacial score (nSPS) is 13.6. The Morgan fingerprint density at radius 3 is 2.30 bits per heavy atom. The summed E-state index contributed by atoms with van der Waals surface area (Å²) in [4.78, 5) is 52.0. The number of carbonyl (C=O) groups is 4. The topological polar surface area (TPSA) is 145 Å². The van der Waals surface area contributed by atoms with E-state index in [9.17, 15) is 29.4 Å². The molecule has 0 aliphatic heterocycles. The summed E-state index contributed by atoms with van der Waals surface area (Å²) >= 11 is 0. The van der Waals surface area contributed by atoms with Crippen molar-refractivity contribution in [2.24, 2.45) is 5.92 Å². The molecule has 0 bridgehead atoms. The molecule has 0 spiro atoms. The number of likely N-dealkylation sites (N-methyl/N-ethyl adjacent to an activating group) is 1. The van der Waals surface area contributed by atoms with Crippen LogP contribution in [-0.4, -0.2) is 78.0 Å². The average molecular weight is 522 g/mol. The third-order valence-corrected chi connectivity index (χ3v) is 6.08. The van der Waals surface area contributed by atoms with E-state index in [-0.39, 0.29) is 12.1 Å². The van der Waals surface area contributed by atoms with Gasteiger partial charge in [-0.3, -0.25) is 24.1 Å². The van der Waals surface area contributed by atoms with E-state index in [2.05, 4.69) is 17.6 Å². The Balaban J connectivity index is 2.93. The van der Waals surface area contributed by atoms with E-state index in [4.69, 9.17) is 4.74 Å². The van der Waals surface area contributed by atoms with Crippen LogP contribution in [0.2, 0.25) is 0 Å². The number of nitrogens with one attached hydrogen (secondary N) is 2. The molecule has 1 rings (SSSR count). The molecule has 0 aliphatic carbocycles. The van der Waals surface area contributed by atoms with Crippen molar-refractivity contribution in [1.82, 2.24) is 15.5 Å². The maximum Gasteiger partial charge on any atom is 0.305 e. The van der Waals surface area contributed by atoms with Crippen molar-refractivity contribution in [1.29, 1.82) is 0 Å². The first-order valence-corrected chi connectivity index (χ1v) is 12.8. The van der Waals surface area contributed by atoms with Gasteiger partial charge in [-0.1, -0.05) is 51.7 Å². The number of amides is 2. The molecular formula is C27H43N3O7. The third kappa shape index (κ3) is 10.9. The quantitative estimate of drug-likeness (QED) is 0.228. The largest absolute Gasteiger partial charge is 0.496 e. The van der Waals surface area contributed by atoms with E-state index in [1.165, 1.54) is 7.11 Å². The number of unbranched alkanes of at least 4 members (excludes halogenated alkanes) is 3. The average Bonchev–Trinajstić information content (AvgIpc) is 2.83. The van der Waals surface area contributed by atoms with Gasteiger partial charge < -0.3 is 25.6 Å². The maximum atomic E-state index is 13.1. The molecule has 0 radical (unpaired) electrons. The number of ketones is 1. The summed E-state index contributed by atoms with van der Waals surface area (Å²) in [5.41, 5.74) is 1.06. The lowest BCUT2D eigenvalue weighted by molar-refractivity contribution is -0.141. The zero-order valence-electron chi connectivity index (χ0n) is 22.9. The molecule has 0 aliphatic rings. The van der Waals surface area contributed by atoms with Crippen LogP contribution in [-0.2, 0) is 19.2 Å². The van der Waals surface area contributed by atoms with E-state index in [0.717, 1.165) is 31.2 Å². The fraction of sp³-hybridized carbons (Fsp3) is 0.630. The fourth-order valence-corrected chi connectivity index (χ4v) is 3.92. The smallest absolute Gasteiger partial charge is 0.305 e. The number of benzene rings is 1. The highest BCUT2D eigenvalue weighted by atomic mass is 16.5. The summed E-state index contributed by atoms with van der Waals surface area (Å²) in [6, 6.07) is 2.68. The molecule has 0 aromatic heterocycles. The summed E-state index contributed by atoms with van der Waals surface area (Å²) in [6.45, 7) is 7.99. The molecule has 0 saturated carbocycles.